The maximum Gasteiger partial charge on any atom is 0.300 e. The van der Waals surface area contributed by atoms with Crippen LogP contribution in [0.15, 0.2) is 58.5 Å². The van der Waals surface area contributed by atoms with Crippen LogP contribution in [0.25, 0.3) is 0 Å². The largest absolute Gasteiger partial charge is 0.507 e. The first-order chi connectivity index (χ1) is 12.4. The van der Waals surface area contributed by atoms with Crippen molar-refractivity contribution in [3.05, 3.63) is 59.7 Å². The van der Waals surface area contributed by atoms with Crippen molar-refractivity contribution in [2.75, 3.05) is 13.1 Å². The predicted molar refractivity (Wildman–Crippen MR) is 100 cm³/mol. The number of carboxylic acid groups (broad SMARTS) is 1. The van der Waals surface area contributed by atoms with E-state index in [0.717, 1.165) is 6.92 Å². The number of benzene rings is 2. The number of aliphatic carboxylic acids is 1. The molecule has 0 atom stereocenters. The first kappa shape index (κ1) is 24.3. The molecule has 0 bridgehead atoms. The van der Waals surface area contributed by atoms with E-state index in [1.807, 2.05) is 0 Å². The van der Waals surface area contributed by atoms with Crippen molar-refractivity contribution in [2.45, 2.75) is 13.0 Å². The number of aliphatic hydroxyl groups is 1. The van der Waals surface area contributed by atoms with Crippen LogP contribution in [0, 0.1) is 0 Å². The molecule has 27 heavy (non-hydrogen) atoms. The summed E-state index contributed by atoms with van der Waals surface area (Å²) in [5.41, 5.74) is 1.21. The second-order valence-corrected chi connectivity index (χ2v) is 5.28. The van der Waals surface area contributed by atoms with Crippen LogP contribution in [0.5, 0.6) is 11.5 Å². The van der Waals surface area contributed by atoms with E-state index in [1.54, 1.807) is 48.5 Å². The zero-order valence-corrected chi connectivity index (χ0v) is 15.9. The van der Waals surface area contributed by atoms with Gasteiger partial charge in [-0.25, -0.2) is 0 Å². The Balaban J connectivity index is 0.00000123. The third kappa shape index (κ3) is 10.8. The van der Waals surface area contributed by atoms with Gasteiger partial charge in [0.1, 0.15) is 11.5 Å². The van der Waals surface area contributed by atoms with Gasteiger partial charge >= 0.3 is 0 Å². The second-order valence-electron chi connectivity index (χ2n) is 5.28. The Morgan fingerprint density at radius 1 is 0.926 bits per heavy atom. The smallest absolute Gasteiger partial charge is 0.300 e. The van der Waals surface area contributed by atoms with Crippen LogP contribution >= 0.6 is 0 Å². The molecular formula is C19H22MnN2O5. The molecule has 0 heterocycles. The normalized spacial score (nSPS) is 11.5. The molecule has 2 rings (SSSR count). The first-order valence-corrected chi connectivity index (χ1v) is 7.83. The number of aliphatic hydroxyl groups excluding tert-OH is 1. The molecule has 0 fully saturated rings. The Morgan fingerprint density at radius 2 is 1.26 bits per heavy atom. The zero-order valence-electron chi connectivity index (χ0n) is 14.7. The van der Waals surface area contributed by atoms with E-state index < -0.39 is 12.1 Å². The number of hydrogen-bond donors (Lipinski definition) is 4. The third-order valence-corrected chi connectivity index (χ3v) is 2.97. The van der Waals surface area contributed by atoms with Gasteiger partial charge in [-0.15, -0.1) is 0 Å². The number of hydrogen-bond acceptors (Lipinski definition) is 6. The molecule has 8 heteroatoms. The van der Waals surface area contributed by atoms with Gasteiger partial charge < -0.3 is 20.4 Å². The van der Waals surface area contributed by atoms with E-state index in [4.69, 9.17) is 9.90 Å². The Morgan fingerprint density at radius 3 is 1.59 bits per heavy atom. The molecule has 0 amide bonds. The van der Waals surface area contributed by atoms with Crippen molar-refractivity contribution < 1.29 is 42.3 Å². The number of phenols is 2. The fourth-order valence-electron chi connectivity index (χ4n) is 1.80. The Labute approximate surface area is 168 Å². The maximum atomic E-state index is 9.79. The fourth-order valence-corrected chi connectivity index (χ4v) is 1.80. The number of aromatic hydroxyl groups is 2. The minimum Gasteiger partial charge on any atom is -0.507 e. The molecule has 0 saturated carbocycles. The summed E-state index contributed by atoms with van der Waals surface area (Å²) in [6.45, 7) is 1.46. The van der Waals surface area contributed by atoms with Gasteiger partial charge in [0.25, 0.3) is 5.97 Å². The molecule has 0 aliphatic carbocycles. The minimum atomic E-state index is -0.833. The summed E-state index contributed by atoms with van der Waals surface area (Å²) in [7, 11) is 0. The van der Waals surface area contributed by atoms with Crippen LogP contribution in [0.4, 0.5) is 0 Å². The third-order valence-electron chi connectivity index (χ3n) is 2.97. The van der Waals surface area contributed by atoms with Crippen LogP contribution in [0.1, 0.15) is 18.1 Å². The molecule has 0 saturated heterocycles. The molecule has 4 N–H and O–H groups in total. The number of nitrogens with zero attached hydrogens (tertiary/aromatic N) is 2. The van der Waals surface area contributed by atoms with E-state index in [9.17, 15) is 15.3 Å². The summed E-state index contributed by atoms with van der Waals surface area (Å²) in [5.74, 6) is -0.531. The van der Waals surface area contributed by atoms with Gasteiger partial charge in [0.2, 0.25) is 0 Å². The maximum absolute atomic E-state index is 9.79. The monoisotopic (exact) mass is 413 g/mol. The van der Waals surface area contributed by atoms with Crippen molar-refractivity contribution in [3.8, 4) is 11.5 Å². The van der Waals surface area contributed by atoms with Gasteiger partial charge in [0.15, 0.2) is 0 Å². The second kappa shape index (κ2) is 13.5. The van der Waals surface area contributed by atoms with Gasteiger partial charge in [0.05, 0.1) is 19.2 Å². The Bertz CT molecular complexity index is 704. The van der Waals surface area contributed by atoms with E-state index in [0.29, 0.717) is 11.1 Å². The Hall–Kier alpha value is -2.67. The molecule has 145 valence electrons. The van der Waals surface area contributed by atoms with E-state index in [1.165, 1.54) is 12.4 Å². The number of phenolic OH excluding ortho intramolecular Hbond substituents is 2. The van der Waals surface area contributed by atoms with Gasteiger partial charge in [0, 0.05) is 47.5 Å². The number of rotatable bonds is 6. The molecule has 0 aromatic heterocycles. The summed E-state index contributed by atoms with van der Waals surface area (Å²) in [4.78, 5) is 17.2. The summed E-state index contributed by atoms with van der Waals surface area (Å²) >= 11 is 0. The van der Waals surface area contributed by atoms with Crippen molar-refractivity contribution in [1.82, 2.24) is 0 Å². The van der Waals surface area contributed by atoms with Crippen molar-refractivity contribution in [3.63, 3.8) is 0 Å². The molecule has 1 radical (unpaired) electrons. The minimum absolute atomic E-state index is 0. The quantitative estimate of drug-likeness (QED) is 0.427. The summed E-state index contributed by atoms with van der Waals surface area (Å²) in [6, 6.07) is 13.7. The molecule has 0 aliphatic heterocycles. The van der Waals surface area contributed by atoms with Crippen molar-refractivity contribution >= 4 is 18.4 Å². The Kier molecular flexibility index (Phi) is 12.2. The topological polar surface area (TPSA) is 123 Å². The number of carboxylic acids is 1. The van der Waals surface area contributed by atoms with Crippen molar-refractivity contribution in [2.24, 2.45) is 9.98 Å². The van der Waals surface area contributed by atoms with Crippen LogP contribution in [0.3, 0.4) is 0 Å². The standard InChI is InChI=1S/C17H18N2O3.C2H4O2.Mn/c20-15(11-18-9-13-5-1-3-7-16(13)21)12-19-10-14-6-2-4-8-17(14)22;1-2(3)4;/h1-10,15,20-22H,11-12H2;1H3,(H,3,4);. The number of carbonyl (C=O) groups is 1. The van der Waals surface area contributed by atoms with E-state index in [2.05, 4.69) is 9.98 Å². The molecule has 0 unspecified atom stereocenters. The molecular weight excluding hydrogens is 391 g/mol. The van der Waals surface area contributed by atoms with E-state index in [-0.39, 0.29) is 41.7 Å². The number of para-hydroxylation sites is 2. The molecule has 2 aromatic rings. The van der Waals surface area contributed by atoms with Crippen LogP contribution in [-0.4, -0.2) is 58.0 Å². The fraction of sp³-hybridized carbons (Fsp3) is 0.211. The van der Waals surface area contributed by atoms with E-state index >= 15 is 0 Å². The van der Waals surface area contributed by atoms with Crippen LogP contribution in [-0.2, 0) is 21.9 Å². The predicted octanol–water partition coefficient (Wildman–Crippen LogP) is 2.09. The van der Waals surface area contributed by atoms with Crippen LogP contribution < -0.4 is 0 Å². The van der Waals surface area contributed by atoms with Gasteiger partial charge in [-0.3, -0.25) is 14.8 Å². The summed E-state index contributed by atoms with van der Waals surface area (Å²) in [6.07, 6.45) is 2.32. The zero-order chi connectivity index (χ0) is 19.4. The summed E-state index contributed by atoms with van der Waals surface area (Å²) in [5, 5.41) is 36.3. The first-order valence-electron chi connectivity index (χ1n) is 7.83. The van der Waals surface area contributed by atoms with Crippen LogP contribution in [0.2, 0.25) is 0 Å². The molecule has 2 aromatic carbocycles. The molecule has 0 aliphatic rings. The average molecular weight is 413 g/mol. The average Bonchev–Trinajstić information content (AvgIpc) is 2.58. The van der Waals surface area contributed by atoms with Gasteiger partial charge in [-0.05, 0) is 24.3 Å². The van der Waals surface area contributed by atoms with Crippen molar-refractivity contribution in [1.29, 1.82) is 0 Å². The SMILES string of the molecule is CC(=O)O.Oc1ccccc1C=NCC(O)CN=Cc1ccccc1O.[Mn]. The van der Waals surface area contributed by atoms with Gasteiger partial charge in [-0.2, -0.15) is 0 Å². The van der Waals surface area contributed by atoms with Gasteiger partial charge in [-0.1, -0.05) is 24.3 Å². The number of aliphatic imine (C=N–C) groups is 2. The summed E-state index contributed by atoms with van der Waals surface area (Å²) < 4.78 is 0. The molecule has 7 nitrogen and oxygen atoms in total. The molecule has 0 spiro atoms.